The number of rotatable bonds is 2. The summed E-state index contributed by atoms with van der Waals surface area (Å²) in [4.78, 5) is 0. The number of hydrogen-bond donors (Lipinski definition) is 1. The largest absolute Gasteiger partial charge is 0.396 e. The second kappa shape index (κ2) is 6.47. The lowest BCUT2D eigenvalue weighted by molar-refractivity contribution is 1.31. The predicted octanol–water partition coefficient (Wildman–Crippen LogP) is 3.16. The molecular weight excluding hydrogens is 283 g/mol. The smallest absolute Gasteiger partial charge is 0.153 e. The van der Waals surface area contributed by atoms with Crippen LogP contribution < -0.4 is 5.73 Å². The third-order valence-corrected chi connectivity index (χ3v) is 2.73. The third kappa shape index (κ3) is 3.50. The van der Waals surface area contributed by atoms with Gasteiger partial charge in [-0.15, -0.1) is 0 Å². The molecule has 0 unspecified atom stereocenters. The molecule has 19 heavy (non-hydrogen) atoms. The molecule has 0 aliphatic carbocycles. The molecule has 6 heteroatoms. The van der Waals surface area contributed by atoms with Gasteiger partial charge in [-0.2, -0.15) is 15.8 Å². The van der Waals surface area contributed by atoms with Crippen molar-refractivity contribution >= 4 is 29.3 Å². The lowest BCUT2D eigenvalue weighted by Gasteiger charge is -2.02. The van der Waals surface area contributed by atoms with E-state index in [1.54, 1.807) is 24.3 Å². The van der Waals surface area contributed by atoms with Gasteiger partial charge in [0.05, 0.1) is 11.3 Å². The van der Waals surface area contributed by atoms with Crippen molar-refractivity contribution in [3.05, 3.63) is 50.7 Å². The summed E-state index contributed by atoms with van der Waals surface area (Å²) in [5.41, 5.74) is 5.60. The van der Waals surface area contributed by atoms with Crippen LogP contribution in [0.1, 0.15) is 5.56 Å². The quantitative estimate of drug-likeness (QED) is 0.667. The van der Waals surface area contributed by atoms with E-state index >= 15 is 0 Å². The first-order valence-electron chi connectivity index (χ1n) is 4.90. The highest BCUT2D eigenvalue weighted by atomic mass is 35.5. The zero-order valence-corrected chi connectivity index (χ0v) is 11.0. The summed E-state index contributed by atoms with van der Waals surface area (Å²) < 4.78 is 0. The van der Waals surface area contributed by atoms with Crippen molar-refractivity contribution in [3.63, 3.8) is 0 Å². The molecule has 0 saturated carbocycles. The lowest BCUT2D eigenvalue weighted by atomic mass is 10.1. The van der Waals surface area contributed by atoms with E-state index in [1.165, 1.54) is 12.1 Å². The van der Waals surface area contributed by atoms with E-state index in [0.717, 1.165) is 0 Å². The maximum atomic E-state index is 9.02. The van der Waals surface area contributed by atoms with Crippen LogP contribution in [-0.2, 0) is 0 Å². The summed E-state index contributed by atoms with van der Waals surface area (Å²) in [6.45, 7) is 0. The minimum Gasteiger partial charge on any atom is -0.396 e. The van der Waals surface area contributed by atoms with Crippen LogP contribution in [-0.4, -0.2) is 0 Å². The average molecular weight is 289 g/mol. The zero-order chi connectivity index (χ0) is 14.4. The van der Waals surface area contributed by atoms with E-state index in [9.17, 15) is 0 Å². The van der Waals surface area contributed by atoms with E-state index in [4.69, 9.17) is 44.7 Å². The normalized spacial score (nSPS) is 9.95. The fourth-order valence-corrected chi connectivity index (χ4v) is 1.69. The molecule has 0 aliphatic heterocycles. The number of hydrogen-bond acceptors (Lipinski definition) is 4. The van der Waals surface area contributed by atoms with Gasteiger partial charge >= 0.3 is 0 Å². The Morgan fingerprint density at radius 1 is 1.11 bits per heavy atom. The monoisotopic (exact) mass is 288 g/mol. The zero-order valence-electron chi connectivity index (χ0n) is 9.48. The SMILES string of the molecule is N#CC(=Cc1ccc(Cl)cc1Cl)C(N)=C(C#N)C#N. The molecule has 0 heterocycles. The summed E-state index contributed by atoms with van der Waals surface area (Å²) >= 11 is 11.7. The van der Waals surface area contributed by atoms with Gasteiger partial charge in [0.2, 0.25) is 0 Å². The fraction of sp³-hybridized carbons (Fsp3) is 0. The first-order chi connectivity index (χ1) is 9.03. The number of nitrogens with zero attached hydrogens (tertiary/aromatic N) is 3. The first kappa shape index (κ1) is 14.6. The van der Waals surface area contributed by atoms with Gasteiger partial charge < -0.3 is 5.73 Å². The number of halogens is 2. The maximum absolute atomic E-state index is 9.02. The highest BCUT2D eigenvalue weighted by Gasteiger charge is 2.09. The Bertz CT molecular complexity index is 681. The molecule has 0 amide bonds. The van der Waals surface area contributed by atoms with Crippen molar-refractivity contribution in [1.29, 1.82) is 15.8 Å². The second-order valence-corrected chi connectivity index (χ2v) is 4.19. The van der Waals surface area contributed by atoms with Gasteiger partial charge in [0.15, 0.2) is 5.57 Å². The van der Waals surface area contributed by atoms with Crippen LogP contribution in [0, 0.1) is 34.0 Å². The lowest BCUT2D eigenvalue weighted by Crippen LogP contribution is -2.03. The molecule has 1 aromatic rings. The summed E-state index contributed by atoms with van der Waals surface area (Å²) in [6.07, 6.45) is 1.39. The molecule has 0 fully saturated rings. The number of allylic oxidation sites excluding steroid dienone is 2. The van der Waals surface area contributed by atoms with Gasteiger partial charge in [-0.25, -0.2) is 0 Å². The standard InChI is InChI=1S/C13H6Cl2N4/c14-11-2-1-8(12(15)4-11)3-9(5-16)13(19)10(6-17)7-18/h1-4H,19H2. The average Bonchev–Trinajstić information content (AvgIpc) is 2.39. The molecule has 4 nitrogen and oxygen atoms in total. The molecule has 1 aromatic carbocycles. The first-order valence-corrected chi connectivity index (χ1v) is 5.66. The van der Waals surface area contributed by atoms with Gasteiger partial charge in [0.1, 0.15) is 18.2 Å². The van der Waals surface area contributed by atoms with Crippen molar-refractivity contribution in [2.45, 2.75) is 0 Å². The molecule has 0 radical (unpaired) electrons. The van der Waals surface area contributed by atoms with E-state index in [2.05, 4.69) is 0 Å². The van der Waals surface area contributed by atoms with Crippen LogP contribution in [0.25, 0.3) is 6.08 Å². The van der Waals surface area contributed by atoms with Crippen LogP contribution in [0.4, 0.5) is 0 Å². The van der Waals surface area contributed by atoms with Crippen molar-refractivity contribution in [3.8, 4) is 18.2 Å². The van der Waals surface area contributed by atoms with Crippen LogP contribution in [0.5, 0.6) is 0 Å². The molecule has 1 rings (SSSR count). The van der Waals surface area contributed by atoms with Crippen LogP contribution >= 0.6 is 23.2 Å². The van der Waals surface area contributed by atoms with E-state index in [1.807, 2.05) is 6.07 Å². The highest BCUT2D eigenvalue weighted by Crippen LogP contribution is 2.24. The minimum atomic E-state index is -0.321. The van der Waals surface area contributed by atoms with Crippen molar-refractivity contribution < 1.29 is 0 Å². The Balaban J connectivity index is 3.38. The predicted molar refractivity (Wildman–Crippen MR) is 72.5 cm³/mol. The molecule has 0 aromatic heterocycles. The van der Waals surface area contributed by atoms with E-state index in [0.29, 0.717) is 15.6 Å². The molecule has 0 saturated heterocycles. The fourth-order valence-electron chi connectivity index (χ4n) is 1.22. The second-order valence-electron chi connectivity index (χ2n) is 3.35. The van der Waals surface area contributed by atoms with Crippen molar-refractivity contribution in [1.82, 2.24) is 0 Å². The van der Waals surface area contributed by atoms with Crippen LogP contribution in [0.15, 0.2) is 35.0 Å². The van der Waals surface area contributed by atoms with Gasteiger partial charge in [-0.3, -0.25) is 0 Å². The molecule has 0 atom stereocenters. The molecule has 0 bridgehead atoms. The van der Waals surface area contributed by atoms with E-state index < -0.39 is 0 Å². The van der Waals surface area contributed by atoms with Gasteiger partial charge in [0.25, 0.3) is 0 Å². The Morgan fingerprint density at radius 3 is 2.21 bits per heavy atom. The van der Waals surface area contributed by atoms with Gasteiger partial charge in [-0.05, 0) is 23.8 Å². The molecule has 92 valence electrons. The van der Waals surface area contributed by atoms with E-state index in [-0.39, 0.29) is 16.8 Å². The van der Waals surface area contributed by atoms with Gasteiger partial charge in [0, 0.05) is 10.0 Å². The molecule has 0 spiro atoms. The number of nitriles is 3. The summed E-state index contributed by atoms with van der Waals surface area (Å²) in [7, 11) is 0. The summed E-state index contributed by atoms with van der Waals surface area (Å²) in [6, 6.07) is 9.79. The van der Waals surface area contributed by atoms with Crippen LogP contribution in [0.3, 0.4) is 0 Å². The maximum Gasteiger partial charge on any atom is 0.153 e. The Hall–Kier alpha value is -2.45. The topological polar surface area (TPSA) is 97.4 Å². The number of nitrogens with two attached hydrogens (primary N) is 1. The van der Waals surface area contributed by atoms with Gasteiger partial charge in [-0.1, -0.05) is 29.3 Å². The van der Waals surface area contributed by atoms with Crippen molar-refractivity contribution in [2.75, 3.05) is 0 Å². The Kier molecular flexibility index (Phi) is 4.98. The minimum absolute atomic E-state index is 0.0117. The Morgan fingerprint density at radius 2 is 1.74 bits per heavy atom. The third-order valence-electron chi connectivity index (χ3n) is 2.17. The molecule has 0 aliphatic rings. The molecular formula is C13H6Cl2N4. The highest BCUT2D eigenvalue weighted by molar-refractivity contribution is 6.35. The Labute approximate surface area is 120 Å². The molecule has 2 N–H and O–H groups in total. The summed E-state index contributed by atoms with van der Waals surface area (Å²) in [5, 5.41) is 27.2. The number of benzene rings is 1. The van der Waals surface area contributed by atoms with Crippen molar-refractivity contribution in [2.24, 2.45) is 5.73 Å². The van der Waals surface area contributed by atoms with Crippen LogP contribution in [0.2, 0.25) is 10.0 Å². The summed E-state index contributed by atoms with van der Waals surface area (Å²) in [5.74, 6) is 0.